The average molecular weight is 437 g/mol. The Kier molecular flexibility index (Phi) is 7.45. The molecular weight excluding hydrogens is 404 g/mol. The van der Waals surface area contributed by atoms with Crippen LogP contribution in [0, 0.1) is 0 Å². The number of esters is 1. The molecule has 0 unspecified atom stereocenters. The number of fused-ring (bicyclic) bond motifs is 1. The van der Waals surface area contributed by atoms with Crippen LogP contribution < -0.4 is 4.74 Å². The zero-order valence-corrected chi connectivity index (χ0v) is 18.9. The highest BCUT2D eigenvalue weighted by Crippen LogP contribution is 2.35. The van der Waals surface area contributed by atoms with Crippen LogP contribution in [-0.2, 0) is 16.0 Å². The highest BCUT2D eigenvalue weighted by molar-refractivity contribution is 5.89. The molecule has 0 bridgehead atoms. The molecule has 6 heteroatoms. The molecule has 170 valence electrons. The van der Waals surface area contributed by atoms with Gasteiger partial charge in [-0.3, -0.25) is 4.90 Å². The van der Waals surface area contributed by atoms with Crippen LogP contribution >= 0.6 is 0 Å². The molecule has 32 heavy (non-hydrogen) atoms. The number of nitrogens with zero attached hydrogens (tertiary/aromatic N) is 1. The number of rotatable bonds is 9. The fraction of sp³-hybridized carbons (Fsp3) is 0.423. The second-order valence-corrected chi connectivity index (χ2v) is 8.24. The van der Waals surface area contributed by atoms with Crippen molar-refractivity contribution >= 4 is 16.9 Å². The smallest absolute Gasteiger partial charge is 0.338 e. The summed E-state index contributed by atoms with van der Waals surface area (Å²) in [5.41, 5.74) is 4.28. The van der Waals surface area contributed by atoms with Crippen molar-refractivity contribution in [3.63, 3.8) is 0 Å². The second kappa shape index (κ2) is 10.7. The monoisotopic (exact) mass is 436 g/mol. The summed E-state index contributed by atoms with van der Waals surface area (Å²) < 4.78 is 15.9. The van der Waals surface area contributed by atoms with E-state index < -0.39 is 0 Å². The lowest BCUT2D eigenvalue weighted by atomic mass is 9.89. The molecule has 1 N–H and O–H groups in total. The zero-order chi connectivity index (χ0) is 22.3. The summed E-state index contributed by atoms with van der Waals surface area (Å²) in [5.74, 6) is 1.14. The minimum absolute atomic E-state index is 0.282. The maximum absolute atomic E-state index is 12.3. The number of H-pyrrole nitrogens is 1. The molecular formula is C26H32N2O4. The third-order valence-corrected chi connectivity index (χ3v) is 6.18. The Bertz CT molecular complexity index is 1040. The van der Waals surface area contributed by atoms with Gasteiger partial charge in [-0.1, -0.05) is 12.1 Å². The predicted molar refractivity (Wildman–Crippen MR) is 125 cm³/mol. The Balaban J connectivity index is 1.33. The highest BCUT2D eigenvalue weighted by Gasteiger charge is 2.23. The quantitative estimate of drug-likeness (QED) is 0.387. The van der Waals surface area contributed by atoms with Gasteiger partial charge in [-0.15, -0.1) is 0 Å². The number of piperidine rings is 1. The number of aromatic nitrogens is 1. The van der Waals surface area contributed by atoms with Gasteiger partial charge in [0, 0.05) is 30.3 Å². The lowest BCUT2D eigenvalue weighted by Crippen LogP contribution is -2.32. The average Bonchev–Trinajstić information content (AvgIpc) is 3.25. The summed E-state index contributed by atoms with van der Waals surface area (Å²) >= 11 is 0. The predicted octanol–water partition coefficient (Wildman–Crippen LogP) is 4.75. The van der Waals surface area contributed by atoms with Crippen LogP contribution in [-0.4, -0.2) is 55.9 Å². The normalized spacial score (nSPS) is 15.2. The Labute approximate surface area is 189 Å². The number of hydrogen-bond acceptors (Lipinski definition) is 5. The van der Waals surface area contributed by atoms with E-state index in [9.17, 15) is 4.79 Å². The molecule has 2 aromatic carbocycles. The summed E-state index contributed by atoms with van der Waals surface area (Å²) in [4.78, 5) is 18.1. The van der Waals surface area contributed by atoms with Gasteiger partial charge < -0.3 is 19.2 Å². The molecule has 3 aromatic rings. The Hall–Kier alpha value is -2.83. The summed E-state index contributed by atoms with van der Waals surface area (Å²) in [6, 6.07) is 14.0. The standard InChI is InChI=1S/C26H32N2O4/c1-3-31-13-14-32-26(29)21-6-4-5-19(15-21)18-28-11-9-20(10-12-28)24-17-27-25-8-7-22(30-2)16-23(24)25/h4-8,15-17,20,27H,3,9-14,18H2,1-2H3. The molecule has 0 radical (unpaired) electrons. The van der Waals surface area contributed by atoms with E-state index in [1.165, 1.54) is 10.9 Å². The van der Waals surface area contributed by atoms with Crippen LogP contribution in [0.2, 0.25) is 0 Å². The fourth-order valence-corrected chi connectivity index (χ4v) is 4.46. The number of nitrogens with one attached hydrogen (secondary N) is 1. The SMILES string of the molecule is CCOCCOC(=O)c1cccc(CN2CCC(c3c[nH]c4ccc(OC)cc34)CC2)c1. The first kappa shape index (κ1) is 22.4. The molecule has 0 spiro atoms. The molecule has 0 atom stereocenters. The molecule has 1 aliphatic heterocycles. The Morgan fingerprint density at radius 2 is 1.97 bits per heavy atom. The van der Waals surface area contributed by atoms with Crippen molar-refractivity contribution in [3.8, 4) is 5.75 Å². The first-order valence-corrected chi connectivity index (χ1v) is 11.4. The van der Waals surface area contributed by atoms with E-state index in [1.54, 1.807) is 7.11 Å². The molecule has 1 aliphatic rings. The number of methoxy groups -OCH3 is 1. The van der Waals surface area contributed by atoms with Crippen LogP contribution in [0.4, 0.5) is 0 Å². The van der Waals surface area contributed by atoms with Crippen LogP contribution in [0.3, 0.4) is 0 Å². The lowest BCUT2D eigenvalue weighted by molar-refractivity contribution is 0.0335. The molecule has 0 saturated carbocycles. The van der Waals surface area contributed by atoms with E-state index in [4.69, 9.17) is 14.2 Å². The molecule has 6 nitrogen and oxygen atoms in total. The summed E-state index contributed by atoms with van der Waals surface area (Å²) in [5, 5.41) is 1.26. The maximum Gasteiger partial charge on any atom is 0.338 e. The zero-order valence-electron chi connectivity index (χ0n) is 18.9. The van der Waals surface area contributed by atoms with Crippen molar-refractivity contribution < 1.29 is 19.0 Å². The minimum Gasteiger partial charge on any atom is -0.497 e. The van der Waals surface area contributed by atoms with Gasteiger partial charge in [0.15, 0.2) is 0 Å². The highest BCUT2D eigenvalue weighted by atomic mass is 16.6. The Morgan fingerprint density at radius 3 is 2.75 bits per heavy atom. The second-order valence-electron chi connectivity index (χ2n) is 8.24. The minimum atomic E-state index is -0.292. The molecule has 1 aromatic heterocycles. The number of ether oxygens (including phenoxy) is 3. The Morgan fingerprint density at radius 1 is 1.12 bits per heavy atom. The van der Waals surface area contributed by atoms with Gasteiger partial charge in [0.25, 0.3) is 0 Å². The fourth-order valence-electron chi connectivity index (χ4n) is 4.46. The first-order valence-electron chi connectivity index (χ1n) is 11.4. The van der Waals surface area contributed by atoms with Gasteiger partial charge in [0.1, 0.15) is 12.4 Å². The number of carbonyl (C=O) groups is 1. The van der Waals surface area contributed by atoms with E-state index in [2.05, 4.69) is 34.3 Å². The number of hydrogen-bond donors (Lipinski definition) is 1. The summed E-state index contributed by atoms with van der Waals surface area (Å²) in [6.07, 6.45) is 4.39. The summed E-state index contributed by atoms with van der Waals surface area (Å²) in [6.45, 7) is 6.16. The number of likely N-dealkylation sites (tertiary alicyclic amines) is 1. The van der Waals surface area contributed by atoms with Gasteiger partial charge in [-0.05, 0) is 80.2 Å². The number of benzene rings is 2. The number of carbonyl (C=O) groups excluding carboxylic acids is 1. The van der Waals surface area contributed by atoms with E-state index in [0.717, 1.165) is 49.3 Å². The first-order chi connectivity index (χ1) is 15.7. The van der Waals surface area contributed by atoms with Crippen molar-refractivity contribution in [2.75, 3.05) is 40.0 Å². The van der Waals surface area contributed by atoms with Crippen molar-refractivity contribution in [1.82, 2.24) is 9.88 Å². The largest absolute Gasteiger partial charge is 0.497 e. The molecule has 2 heterocycles. The van der Waals surface area contributed by atoms with E-state index in [-0.39, 0.29) is 12.6 Å². The van der Waals surface area contributed by atoms with Crippen LogP contribution in [0.5, 0.6) is 5.75 Å². The number of aromatic amines is 1. The molecule has 1 fully saturated rings. The van der Waals surface area contributed by atoms with E-state index in [0.29, 0.717) is 24.7 Å². The van der Waals surface area contributed by atoms with Crippen molar-refractivity contribution in [2.24, 2.45) is 0 Å². The van der Waals surface area contributed by atoms with Crippen LogP contribution in [0.25, 0.3) is 10.9 Å². The van der Waals surface area contributed by atoms with Crippen molar-refractivity contribution in [2.45, 2.75) is 32.2 Å². The van der Waals surface area contributed by atoms with Gasteiger partial charge in [0.2, 0.25) is 0 Å². The third kappa shape index (κ3) is 5.31. The maximum atomic E-state index is 12.3. The van der Waals surface area contributed by atoms with Crippen LogP contribution in [0.1, 0.15) is 47.2 Å². The van der Waals surface area contributed by atoms with Crippen LogP contribution in [0.15, 0.2) is 48.7 Å². The van der Waals surface area contributed by atoms with Gasteiger partial charge >= 0.3 is 5.97 Å². The molecule has 1 saturated heterocycles. The molecule has 4 rings (SSSR count). The third-order valence-electron chi connectivity index (χ3n) is 6.18. The van der Waals surface area contributed by atoms with Gasteiger partial charge in [-0.25, -0.2) is 4.79 Å². The summed E-state index contributed by atoms with van der Waals surface area (Å²) in [7, 11) is 1.71. The van der Waals surface area contributed by atoms with Gasteiger partial charge in [-0.2, -0.15) is 0 Å². The lowest BCUT2D eigenvalue weighted by Gasteiger charge is -2.32. The van der Waals surface area contributed by atoms with Crippen molar-refractivity contribution in [1.29, 1.82) is 0 Å². The van der Waals surface area contributed by atoms with E-state index >= 15 is 0 Å². The molecule has 0 amide bonds. The van der Waals surface area contributed by atoms with Gasteiger partial charge in [0.05, 0.1) is 19.3 Å². The van der Waals surface area contributed by atoms with Crippen molar-refractivity contribution in [3.05, 3.63) is 65.4 Å². The van der Waals surface area contributed by atoms with E-state index in [1.807, 2.05) is 31.2 Å². The topological polar surface area (TPSA) is 63.8 Å². The molecule has 0 aliphatic carbocycles.